The molecule has 0 aromatic heterocycles. The third-order valence-electron chi connectivity index (χ3n) is 4.20. The van der Waals surface area contributed by atoms with Gasteiger partial charge in [0.15, 0.2) is 0 Å². The van der Waals surface area contributed by atoms with Crippen molar-refractivity contribution in [3.63, 3.8) is 0 Å². The van der Waals surface area contributed by atoms with Gasteiger partial charge in [-0.2, -0.15) is 0 Å². The maximum Gasteiger partial charge on any atom is 0.321 e. The molecule has 2 aliphatic heterocycles. The number of aliphatic carboxylic acids is 1. The lowest BCUT2D eigenvalue weighted by Gasteiger charge is -2.19. The molecule has 0 amide bonds. The molecule has 2 atom stereocenters. The quantitative estimate of drug-likeness (QED) is 0.817. The van der Waals surface area contributed by atoms with E-state index >= 15 is 0 Å². The molecule has 0 radical (unpaired) electrons. The summed E-state index contributed by atoms with van der Waals surface area (Å²) >= 11 is 7.69. The molecule has 2 unspecified atom stereocenters. The van der Waals surface area contributed by atoms with Crippen molar-refractivity contribution in [3.8, 4) is 5.75 Å². The van der Waals surface area contributed by atoms with Crippen LogP contribution in [0.5, 0.6) is 5.75 Å². The van der Waals surface area contributed by atoms with Gasteiger partial charge in [0, 0.05) is 22.9 Å². The van der Waals surface area contributed by atoms with Gasteiger partial charge in [-0.1, -0.05) is 11.6 Å². The second kappa shape index (κ2) is 7.75. The summed E-state index contributed by atoms with van der Waals surface area (Å²) in [5.41, 5.74) is 0.924. The van der Waals surface area contributed by atoms with Crippen molar-refractivity contribution in [2.24, 2.45) is 0 Å². The number of thioether (sulfide) groups is 1. The molecule has 2 fully saturated rings. The Morgan fingerprint density at radius 2 is 2.22 bits per heavy atom. The smallest absolute Gasteiger partial charge is 0.321 e. The Hall–Kier alpha value is -0.950. The van der Waals surface area contributed by atoms with E-state index in [1.54, 1.807) is 11.8 Å². The Bertz CT molecular complexity index is 566. The fraction of sp³-hybridized carbons (Fsp3) is 0.562. The van der Waals surface area contributed by atoms with Crippen molar-refractivity contribution in [2.45, 2.75) is 24.3 Å². The molecule has 2 heterocycles. The molecule has 0 bridgehead atoms. The van der Waals surface area contributed by atoms with E-state index < -0.39 is 12.0 Å². The molecule has 126 valence electrons. The minimum absolute atomic E-state index is 0.100. The lowest BCUT2D eigenvalue weighted by Crippen LogP contribution is -2.33. The number of hydrogen-bond acceptors (Lipinski definition) is 5. The SMILES string of the molecule is O=C(O)C1CSC(c2cc(Cl)ccc2OCCN2CCCC2)N1. The summed E-state index contributed by atoms with van der Waals surface area (Å²) in [5.74, 6) is 0.503. The molecule has 1 aromatic rings. The number of ether oxygens (including phenoxy) is 1. The van der Waals surface area contributed by atoms with Gasteiger partial charge in [0.1, 0.15) is 18.4 Å². The van der Waals surface area contributed by atoms with Gasteiger partial charge in [-0.3, -0.25) is 15.0 Å². The van der Waals surface area contributed by atoms with Crippen LogP contribution in [-0.2, 0) is 4.79 Å². The van der Waals surface area contributed by atoms with E-state index in [0.717, 1.165) is 30.9 Å². The highest BCUT2D eigenvalue weighted by molar-refractivity contribution is 7.99. The highest BCUT2D eigenvalue weighted by atomic mass is 35.5. The van der Waals surface area contributed by atoms with Crippen LogP contribution in [0.25, 0.3) is 0 Å². The highest BCUT2D eigenvalue weighted by Crippen LogP contribution is 2.39. The Balaban J connectivity index is 1.64. The fourth-order valence-electron chi connectivity index (χ4n) is 2.94. The van der Waals surface area contributed by atoms with Crippen LogP contribution >= 0.6 is 23.4 Å². The van der Waals surface area contributed by atoms with E-state index in [1.165, 1.54) is 12.8 Å². The normalized spacial score (nSPS) is 24.9. The number of carboxylic acid groups (broad SMARTS) is 1. The molecular formula is C16H21ClN2O3S. The first-order valence-electron chi connectivity index (χ1n) is 7.88. The van der Waals surface area contributed by atoms with E-state index in [2.05, 4.69) is 10.2 Å². The van der Waals surface area contributed by atoms with Crippen molar-refractivity contribution >= 4 is 29.3 Å². The van der Waals surface area contributed by atoms with Crippen LogP contribution in [0.15, 0.2) is 18.2 Å². The largest absolute Gasteiger partial charge is 0.492 e. The number of rotatable bonds is 6. The van der Waals surface area contributed by atoms with Crippen LogP contribution in [0.4, 0.5) is 0 Å². The number of hydrogen-bond donors (Lipinski definition) is 2. The van der Waals surface area contributed by atoms with Crippen molar-refractivity contribution in [3.05, 3.63) is 28.8 Å². The lowest BCUT2D eigenvalue weighted by atomic mass is 10.2. The van der Waals surface area contributed by atoms with Gasteiger partial charge in [-0.25, -0.2) is 0 Å². The summed E-state index contributed by atoms with van der Waals surface area (Å²) in [6.07, 6.45) is 2.54. The van der Waals surface area contributed by atoms with Gasteiger partial charge < -0.3 is 9.84 Å². The first kappa shape index (κ1) is 16.9. The summed E-state index contributed by atoms with van der Waals surface area (Å²) in [6, 6.07) is 5.02. The van der Waals surface area contributed by atoms with E-state index in [0.29, 0.717) is 17.4 Å². The fourth-order valence-corrected chi connectivity index (χ4v) is 4.37. The lowest BCUT2D eigenvalue weighted by molar-refractivity contribution is -0.138. The Kier molecular flexibility index (Phi) is 5.69. The summed E-state index contributed by atoms with van der Waals surface area (Å²) in [4.78, 5) is 13.5. The van der Waals surface area contributed by atoms with Gasteiger partial charge in [-0.05, 0) is 44.1 Å². The van der Waals surface area contributed by atoms with E-state index in [-0.39, 0.29) is 5.37 Å². The first-order chi connectivity index (χ1) is 11.1. The average molecular weight is 357 g/mol. The second-order valence-electron chi connectivity index (χ2n) is 5.85. The molecule has 2 N–H and O–H groups in total. The van der Waals surface area contributed by atoms with Gasteiger partial charge >= 0.3 is 5.97 Å². The zero-order valence-electron chi connectivity index (χ0n) is 12.8. The van der Waals surface area contributed by atoms with Crippen molar-refractivity contribution in [1.29, 1.82) is 0 Å². The number of nitrogens with zero attached hydrogens (tertiary/aromatic N) is 1. The molecule has 0 saturated carbocycles. The van der Waals surface area contributed by atoms with Crippen molar-refractivity contribution in [2.75, 3.05) is 32.0 Å². The molecule has 0 spiro atoms. The highest BCUT2D eigenvalue weighted by Gasteiger charge is 2.32. The number of benzene rings is 1. The molecule has 2 saturated heterocycles. The Morgan fingerprint density at radius 3 is 2.91 bits per heavy atom. The molecule has 7 heteroatoms. The topological polar surface area (TPSA) is 61.8 Å². The zero-order valence-corrected chi connectivity index (χ0v) is 14.4. The summed E-state index contributed by atoms with van der Waals surface area (Å²) in [5, 5.41) is 12.8. The van der Waals surface area contributed by atoms with Crippen LogP contribution in [-0.4, -0.2) is 54.0 Å². The third-order valence-corrected chi connectivity index (χ3v) is 5.68. The van der Waals surface area contributed by atoms with Gasteiger partial charge in [0.2, 0.25) is 0 Å². The second-order valence-corrected chi connectivity index (χ2v) is 7.42. The molecule has 3 rings (SSSR count). The van der Waals surface area contributed by atoms with Crippen LogP contribution in [0.1, 0.15) is 23.8 Å². The monoisotopic (exact) mass is 356 g/mol. The minimum atomic E-state index is -0.821. The maximum atomic E-state index is 11.1. The Morgan fingerprint density at radius 1 is 1.43 bits per heavy atom. The molecular weight excluding hydrogens is 336 g/mol. The number of carboxylic acids is 1. The van der Waals surface area contributed by atoms with Gasteiger partial charge in [-0.15, -0.1) is 11.8 Å². The predicted octanol–water partition coefficient (Wildman–Crippen LogP) is 2.60. The van der Waals surface area contributed by atoms with E-state index in [9.17, 15) is 4.79 Å². The summed E-state index contributed by atoms with van der Waals surface area (Å²) in [7, 11) is 0. The zero-order chi connectivity index (χ0) is 16.2. The van der Waals surface area contributed by atoms with Gasteiger partial charge in [0.05, 0.1) is 5.37 Å². The average Bonchev–Trinajstić information content (AvgIpc) is 3.19. The molecule has 0 aliphatic carbocycles. The predicted molar refractivity (Wildman–Crippen MR) is 92.4 cm³/mol. The molecule has 23 heavy (non-hydrogen) atoms. The van der Waals surface area contributed by atoms with E-state index in [4.69, 9.17) is 21.4 Å². The number of nitrogens with one attached hydrogen (secondary N) is 1. The van der Waals surface area contributed by atoms with Crippen molar-refractivity contribution < 1.29 is 14.6 Å². The van der Waals surface area contributed by atoms with Crippen LogP contribution in [0.3, 0.4) is 0 Å². The summed E-state index contributed by atoms with van der Waals surface area (Å²) in [6.45, 7) is 3.85. The van der Waals surface area contributed by atoms with E-state index in [1.807, 2.05) is 18.2 Å². The molecule has 5 nitrogen and oxygen atoms in total. The summed E-state index contributed by atoms with van der Waals surface area (Å²) < 4.78 is 5.96. The number of halogens is 1. The number of likely N-dealkylation sites (tertiary alicyclic amines) is 1. The molecule has 2 aliphatic rings. The van der Waals surface area contributed by atoms with Crippen molar-refractivity contribution in [1.82, 2.24) is 10.2 Å². The Labute approximate surface area is 145 Å². The number of carbonyl (C=O) groups is 1. The first-order valence-corrected chi connectivity index (χ1v) is 9.31. The van der Waals surface area contributed by atoms with Crippen LogP contribution in [0.2, 0.25) is 5.02 Å². The molecule has 1 aromatic carbocycles. The third kappa shape index (κ3) is 4.32. The standard InChI is InChI=1S/C16H21ClN2O3S/c17-11-3-4-14(22-8-7-19-5-1-2-6-19)12(9-11)15-18-13(10-23-15)16(20)21/h3-4,9,13,15,18H,1-2,5-8,10H2,(H,20,21). The van der Waals surface area contributed by atoms with Crippen LogP contribution in [0, 0.1) is 0 Å². The minimum Gasteiger partial charge on any atom is -0.492 e. The van der Waals surface area contributed by atoms with Crippen LogP contribution < -0.4 is 10.1 Å². The maximum absolute atomic E-state index is 11.1. The van der Waals surface area contributed by atoms with Gasteiger partial charge in [0.25, 0.3) is 0 Å².